The molecule has 0 spiro atoms. The van der Waals surface area contributed by atoms with Crippen LogP contribution in [-0.4, -0.2) is 57.3 Å². The van der Waals surface area contributed by atoms with Crippen LogP contribution >= 0.6 is 11.3 Å². The van der Waals surface area contributed by atoms with Crippen LogP contribution in [0.2, 0.25) is 0 Å². The maximum absolute atomic E-state index is 11.9. The summed E-state index contributed by atoms with van der Waals surface area (Å²) in [6, 6.07) is 4.21. The van der Waals surface area contributed by atoms with Gasteiger partial charge >= 0.3 is 5.97 Å². The lowest BCUT2D eigenvalue weighted by Gasteiger charge is -2.40. The number of fused-ring (bicyclic) bond motifs is 1. The zero-order valence-electron chi connectivity index (χ0n) is 18.2. The molecule has 2 heterocycles. The highest BCUT2D eigenvalue weighted by Gasteiger charge is 2.26. The number of hydrogen-bond donors (Lipinski definition) is 1. The summed E-state index contributed by atoms with van der Waals surface area (Å²) in [7, 11) is 1.50. The third-order valence-corrected chi connectivity index (χ3v) is 6.06. The lowest BCUT2D eigenvalue weighted by molar-refractivity contribution is 0.0387. The number of anilines is 2. The Morgan fingerprint density at radius 2 is 2.16 bits per heavy atom. The summed E-state index contributed by atoms with van der Waals surface area (Å²) in [4.78, 5) is 14.2. The summed E-state index contributed by atoms with van der Waals surface area (Å²) in [6.45, 7) is 6.74. The zero-order chi connectivity index (χ0) is 23.3. The molecule has 0 aliphatic carbocycles. The van der Waals surface area contributed by atoms with Crippen molar-refractivity contribution in [1.29, 1.82) is 0 Å². The van der Waals surface area contributed by atoms with Crippen molar-refractivity contribution in [3.8, 4) is 0 Å². The molecule has 1 aliphatic rings. The molecule has 2 atom stereocenters. The molecule has 0 fully saturated rings. The number of aromatic nitrogens is 2. The third kappa shape index (κ3) is 5.85. The second-order valence-corrected chi connectivity index (χ2v) is 9.07. The first-order chi connectivity index (χ1) is 15.3. The summed E-state index contributed by atoms with van der Waals surface area (Å²) >= 11 is -1.61. The van der Waals surface area contributed by atoms with E-state index in [1.165, 1.54) is 7.11 Å². The van der Waals surface area contributed by atoms with Crippen LogP contribution in [0.3, 0.4) is 0 Å². The van der Waals surface area contributed by atoms with Crippen LogP contribution < -0.4 is 9.62 Å². The highest BCUT2D eigenvalue weighted by molar-refractivity contribution is 7.80. The van der Waals surface area contributed by atoms with Crippen molar-refractivity contribution in [2.24, 2.45) is 10.2 Å². The van der Waals surface area contributed by atoms with Crippen LogP contribution in [-0.2, 0) is 27.2 Å². The number of carbonyl (C=O) groups is 1. The quantitative estimate of drug-likeness (QED) is 0.248. The largest absolute Gasteiger partial charge is 0.755 e. The molecule has 32 heavy (non-hydrogen) atoms. The van der Waals surface area contributed by atoms with E-state index in [2.05, 4.69) is 50.8 Å². The van der Waals surface area contributed by atoms with Gasteiger partial charge in [-0.25, -0.2) is 4.79 Å². The van der Waals surface area contributed by atoms with E-state index in [0.29, 0.717) is 17.4 Å². The van der Waals surface area contributed by atoms with E-state index in [0.717, 1.165) is 35.4 Å². The van der Waals surface area contributed by atoms with Crippen LogP contribution in [0, 0.1) is 0 Å². The number of hydrogen-bond acceptors (Lipinski definition) is 11. The summed E-state index contributed by atoms with van der Waals surface area (Å²) in [6.07, 6.45) is 1.83. The van der Waals surface area contributed by atoms with Crippen LogP contribution in [0.4, 0.5) is 22.2 Å². The Morgan fingerprint density at radius 3 is 2.84 bits per heavy atom. The van der Waals surface area contributed by atoms with Crippen molar-refractivity contribution >= 4 is 50.8 Å². The number of methoxy groups -OCH3 is 1. The molecule has 1 N–H and O–H groups in total. The zero-order valence-corrected chi connectivity index (χ0v) is 19.9. The van der Waals surface area contributed by atoms with Gasteiger partial charge in [-0.2, -0.15) is 0 Å². The number of esters is 1. The summed E-state index contributed by atoms with van der Waals surface area (Å²) < 4.78 is 34.9. The minimum absolute atomic E-state index is 0.0427. The molecule has 13 heteroatoms. The maximum atomic E-state index is 11.9. The van der Waals surface area contributed by atoms with E-state index in [1.807, 2.05) is 6.07 Å². The molecular weight excluding hydrogens is 456 g/mol. The van der Waals surface area contributed by atoms with Gasteiger partial charge in [-0.05, 0) is 51.3 Å². The Labute approximate surface area is 192 Å². The van der Waals surface area contributed by atoms with Gasteiger partial charge in [0.1, 0.15) is 12.3 Å². The fourth-order valence-corrected chi connectivity index (χ4v) is 4.46. The highest BCUT2D eigenvalue weighted by Crippen LogP contribution is 2.40. The Balaban J connectivity index is 1.87. The molecule has 1 aromatic carbocycles. The standard InChI is InChI=1S/C19H26N6O5S2/c1-11(2)25-12(3)5-6-13-9-14(15(10-16(13)25)24-32(27)28)20-22-19-23-21-17(31-19)18(26)30-8-7-29-4/h9-12,24H,5-8H2,1-4H3,(H,27,28)/p-1. The predicted octanol–water partition coefficient (Wildman–Crippen LogP) is 3.51. The molecule has 2 aromatic rings. The number of azo groups is 1. The van der Waals surface area contributed by atoms with Crippen molar-refractivity contribution < 1.29 is 23.0 Å². The molecule has 174 valence electrons. The first-order valence-corrected chi connectivity index (χ1v) is 11.9. The maximum Gasteiger partial charge on any atom is 0.369 e. The predicted molar refractivity (Wildman–Crippen MR) is 121 cm³/mol. The molecule has 11 nitrogen and oxygen atoms in total. The van der Waals surface area contributed by atoms with Gasteiger partial charge in [-0.3, -0.25) is 4.21 Å². The van der Waals surface area contributed by atoms with Gasteiger partial charge < -0.3 is 23.6 Å². The molecule has 1 aliphatic heterocycles. The van der Waals surface area contributed by atoms with Gasteiger partial charge in [0.2, 0.25) is 5.01 Å². The second kappa shape index (κ2) is 10.9. The number of benzene rings is 1. The van der Waals surface area contributed by atoms with Crippen LogP contribution in [0.1, 0.15) is 42.6 Å². The van der Waals surface area contributed by atoms with Crippen LogP contribution in [0.5, 0.6) is 0 Å². The Kier molecular flexibility index (Phi) is 8.23. The minimum atomic E-state index is -2.53. The second-order valence-electron chi connectivity index (χ2n) is 7.44. The van der Waals surface area contributed by atoms with Crippen LogP contribution in [0.25, 0.3) is 0 Å². The Morgan fingerprint density at radius 1 is 1.38 bits per heavy atom. The lowest BCUT2D eigenvalue weighted by atomic mass is 9.94. The third-order valence-electron chi connectivity index (χ3n) is 4.88. The van der Waals surface area contributed by atoms with Gasteiger partial charge in [0.05, 0.1) is 12.3 Å². The molecule has 2 unspecified atom stereocenters. The molecular formula is C19H25N6O5S2-. The highest BCUT2D eigenvalue weighted by atomic mass is 32.2. The molecule has 0 amide bonds. The van der Waals surface area contributed by atoms with E-state index in [4.69, 9.17) is 9.47 Å². The van der Waals surface area contributed by atoms with E-state index < -0.39 is 17.2 Å². The van der Waals surface area contributed by atoms with Gasteiger partial charge in [-0.1, -0.05) is 11.3 Å². The average Bonchev–Trinajstić information content (AvgIpc) is 3.21. The first kappa shape index (κ1) is 24.2. The van der Waals surface area contributed by atoms with Crippen LogP contribution in [0.15, 0.2) is 22.4 Å². The van der Waals surface area contributed by atoms with E-state index in [-0.39, 0.29) is 29.4 Å². The first-order valence-electron chi connectivity index (χ1n) is 10.0. The van der Waals surface area contributed by atoms with Gasteiger partial charge in [0.15, 0.2) is 0 Å². The van der Waals surface area contributed by atoms with Crippen molar-refractivity contribution in [2.45, 2.75) is 45.7 Å². The number of aryl methyl sites for hydroxylation is 1. The van der Waals surface area contributed by atoms with Crippen molar-refractivity contribution in [1.82, 2.24) is 10.2 Å². The van der Waals surface area contributed by atoms with Gasteiger partial charge in [-0.15, -0.1) is 20.4 Å². The molecule has 1 aromatic heterocycles. The molecule has 0 saturated carbocycles. The lowest BCUT2D eigenvalue weighted by Crippen LogP contribution is -2.42. The fourth-order valence-electron chi connectivity index (χ4n) is 3.56. The Hall–Kier alpha value is -2.48. The van der Waals surface area contributed by atoms with Crippen molar-refractivity contribution in [3.63, 3.8) is 0 Å². The van der Waals surface area contributed by atoms with Gasteiger partial charge in [0, 0.05) is 36.1 Å². The summed E-state index contributed by atoms with van der Waals surface area (Å²) in [5.74, 6) is -0.623. The number of nitrogens with one attached hydrogen (secondary N) is 1. The Bertz CT molecular complexity index is 1010. The number of rotatable bonds is 9. The molecule has 3 rings (SSSR count). The summed E-state index contributed by atoms with van der Waals surface area (Å²) in [5.41, 5.74) is 2.70. The fraction of sp³-hybridized carbons (Fsp3) is 0.526. The molecule has 0 radical (unpaired) electrons. The minimum Gasteiger partial charge on any atom is -0.755 e. The normalized spacial score (nSPS) is 16.9. The number of carbonyl (C=O) groups excluding carboxylic acids is 1. The monoisotopic (exact) mass is 481 g/mol. The number of ether oxygens (including phenoxy) is 2. The van der Waals surface area contributed by atoms with Crippen molar-refractivity contribution in [3.05, 3.63) is 22.7 Å². The molecule has 0 bridgehead atoms. The summed E-state index contributed by atoms with van der Waals surface area (Å²) in [5, 5.41) is 16.0. The SMILES string of the molecule is COCCOC(=O)c1nnc(N=Nc2cc3c(cc2NS(=O)[O-])N(C(C)C)C(C)CC3)s1. The van der Waals surface area contributed by atoms with Crippen molar-refractivity contribution in [2.75, 3.05) is 29.9 Å². The van der Waals surface area contributed by atoms with Gasteiger partial charge in [0.25, 0.3) is 5.13 Å². The van der Waals surface area contributed by atoms with E-state index >= 15 is 0 Å². The number of nitrogens with zero attached hydrogens (tertiary/aromatic N) is 5. The van der Waals surface area contributed by atoms with E-state index in [1.54, 1.807) is 6.07 Å². The molecule has 0 saturated heterocycles. The average molecular weight is 482 g/mol. The topological polar surface area (TPSA) is 141 Å². The smallest absolute Gasteiger partial charge is 0.369 e. The van der Waals surface area contributed by atoms with E-state index in [9.17, 15) is 13.6 Å².